The second-order valence-electron chi connectivity index (χ2n) is 9.57. The second-order valence-corrected chi connectivity index (χ2v) is 10.4. The number of nitrogens with one attached hydrogen (secondary N) is 1. The highest BCUT2D eigenvalue weighted by Gasteiger charge is 2.60. The molecule has 1 amide bonds. The quantitative estimate of drug-likeness (QED) is 0.585. The van der Waals surface area contributed by atoms with Gasteiger partial charge in [0.25, 0.3) is 0 Å². The summed E-state index contributed by atoms with van der Waals surface area (Å²) in [5.74, 6) is 0.877. The van der Waals surface area contributed by atoms with Crippen LogP contribution < -0.4 is 5.32 Å². The molecule has 30 heavy (non-hydrogen) atoms. The van der Waals surface area contributed by atoms with Gasteiger partial charge in [0.1, 0.15) is 13.7 Å². The monoisotopic (exact) mass is 417 g/mol. The minimum absolute atomic E-state index is 0.104. The predicted octanol–water partition coefficient (Wildman–Crippen LogP) is 4.05. The largest absolute Gasteiger partial charge is 0.310 e. The highest BCUT2D eigenvalue weighted by atomic mass is 32.1. The third-order valence-corrected chi connectivity index (χ3v) is 8.15. The number of fused-ring (bicyclic) bond motifs is 1. The molecule has 6 heteroatoms. The zero-order valence-corrected chi connectivity index (χ0v) is 18.6. The van der Waals surface area contributed by atoms with E-state index in [-0.39, 0.29) is 22.0 Å². The lowest BCUT2D eigenvalue weighted by Gasteiger charge is -2.39. The Labute approximate surface area is 184 Å². The predicted molar refractivity (Wildman–Crippen MR) is 126 cm³/mol. The van der Waals surface area contributed by atoms with E-state index in [0.717, 1.165) is 50.5 Å². The van der Waals surface area contributed by atoms with E-state index in [1.54, 1.807) is 6.20 Å². The number of anilines is 1. The van der Waals surface area contributed by atoms with Crippen molar-refractivity contribution in [3.63, 3.8) is 0 Å². The van der Waals surface area contributed by atoms with Gasteiger partial charge in [0, 0.05) is 28.8 Å². The Morgan fingerprint density at radius 2 is 1.97 bits per heavy atom. The summed E-state index contributed by atoms with van der Waals surface area (Å²) in [6, 6.07) is 6.02. The van der Waals surface area contributed by atoms with Crippen LogP contribution in [0.25, 0.3) is 6.08 Å². The number of aryl methyl sites for hydroxylation is 2. The summed E-state index contributed by atoms with van der Waals surface area (Å²) in [7, 11) is 2.21. The average Bonchev–Trinajstić information content (AvgIpc) is 3.46. The zero-order chi connectivity index (χ0) is 20.9. The molecule has 0 saturated heterocycles. The van der Waals surface area contributed by atoms with Crippen LogP contribution in [-0.4, -0.2) is 23.7 Å². The van der Waals surface area contributed by atoms with Crippen LogP contribution in [0.4, 0.5) is 5.82 Å². The summed E-state index contributed by atoms with van der Waals surface area (Å²) < 4.78 is -0.130. The number of thiol groups is 1. The van der Waals surface area contributed by atoms with Crippen LogP contribution in [-0.2, 0) is 16.0 Å². The van der Waals surface area contributed by atoms with Crippen molar-refractivity contribution in [3.05, 3.63) is 58.4 Å². The van der Waals surface area contributed by atoms with Gasteiger partial charge in [-0.2, -0.15) is 12.6 Å². The van der Waals surface area contributed by atoms with Crippen molar-refractivity contribution in [2.45, 2.75) is 56.6 Å². The standard InChI is InChI=1S/C24H28BN3OS/c1-15-2-5-21(27-14-15)28-22(29)19-13-23(19)7-9-24(30,10-8-23)18-6-11-26-20-4-3-16(25)12-17(18)20/h2,5-6,11-12,14,19,30H,3-4,7-10,13,25H2,1H3,(H,27,28,29)/t19-,23-,24-/m1/s1. The molecule has 4 nitrogen and oxygen atoms in total. The number of aromatic nitrogens is 2. The molecule has 0 aromatic carbocycles. The Kier molecular flexibility index (Phi) is 4.81. The first kappa shape index (κ1) is 19.9. The number of amides is 1. The molecule has 154 valence electrons. The molecule has 1 spiro atoms. The Morgan fingerprint density at radius 1 is 1.17 bits per heavy atom. The average molecular weight is 417 g/mol. The fourth-order valence-electron chi connectivity index (χ4n) is 5.37. The summed E-state index contributed by atoms with van der Waals surface area (Å²) in [4.78, 5) is 21.7. The van der Waals surface area contributed by atoms with Crippen molar-refractivity contribution in [2.24, 2.45) is 11.3 Å². The van der Waals surface area contributed by atoms with Gasteiger partial charge in [-0.05, 0) is 86.1 Å². The van der Waals surface area contributed by atoms with Crippen LogP contribution in [0.1, 0.15) is 60.9 Å². The van der Waals surface area contributed by atoms with Crippen LogP contribution in [0.5, 0.6) is 0 Å². The summed E-state index contributed by atoms with van der Waals surface area (Å²) in [5, 5.41) is 3.02. The Morgan fingerprint density at radius 3 is 2.70 bits per heavy atom. The van der Waals surface area contributed by atoms with E-state index >= 15 is 0 Å². The Balaban J connectivity index is 1.28. The molecule has 0 aliphatic heterocycles. The first-order chi connectivity index (χ1) is 14.4. The van der Waals surface area contributed by atoms with E-state index in [1.807, 2.05) is 25.3 Å². The number of allylic oxidation sites excluding steroid dienone is 1. The lowest BCUT2D eigenvalue weighted by atomic mass is 9.72. The third-order valence-electron chi connectivity index (χ3n) is 7.46. The van der Waals surface area contributed by atoms with Crippen LogP contribution in [0.2, 0.25) is 0 Å². The van der Waals surface area contributed by atoms with Gasteiger partial charge in [-0.1, -0.05) is 12.1 Å². The van der Waals surface area contributed by atoms with Crippen LogP contribution >= 0.6 is 12.6 Å². The van der Waals surface area contributed by atoms with Gasteiger partial charge >= 0.3 is 0 Å². The number of carbonyl (C=O) groups is 1. The molecule has 2 heterocycles. The molecule has 2 saturated carbocycles. The second kappa shape index (κ2) is 7.26. The molecule has 5 rings (SSSR count). The Bertz CT molecular complexity index is 1030. The van der Waals surface area contributed by atoms with E-state index < -0.39 is 0 Å². The number of hydrogen-bond acceptors (Lipinski definition) is 4. The van der Waals surface area contributed by atoms with Crippen molar-refractivity contribution >= 4 is 38.3 Å². The van der Waals surface area contributed by atoms with Crippen molar-refractivity contribution in [1.29, 1.82) is 0 Å². The van der Waals surface area contributed by atoms with Crippen molar-refractivity contribution < 1.29 is 4.79 Å². The van der Waals surface area contributed by atoms with Gasteiger partial charge in [0.2, 0.25) is 5.91 Å². The maximum Gasteiger partial charge on any atom is 0.229 e. The van der Waals surface area contributed by atoms with E-state index in [0.29, 0.717) is 5.82 Å². The lowest BCUT2D eigenvalue weighted by Crippen LogP contribution is -2.31. The summed E-state index contributed by atoms with van der Waals surface area (Å²) >= 11 is 5.21. The van der Waals surface area contributed by atoms with E-state index in [1.165, 1.54) is 22.3 Å². The van der Waals surface area contributed by atoms with Crippen LogP contribution in [0.15, 0.2) is 36.1 Å². The number of carbonyl (C=O) groups excluding carboxylic acids is 1. The highest BCUT2D eigenvalue weighted by Crippen LogP contribution is 2.65. The van der Waals surface area contributed by atoms with E-state index in [4.69, 9.17) is 12.6 Å². The molecule has 1 atom stereocenters. The van der Waals surface area contributed by atoms with E-state index in [2.05, 4.69) is 35.3 Å². The molecule has 3 aliphatic carbocycles. The Hall–Kier alpha value is -2.08. The first-order valence-corrected chi connectivity index (χ1v) is 11.4. The van der Waals surface area contributed by atoms with Crippen LogP contribution in [0.3, 0.4) is 0 Å². The molecule has 1 N–H and O–H groups in total. The highest BCUT2D eigenvalue weighted by molar-refractivity contribution is 7.81. The molecule has 0 unspecified atom stereocenters. The van der Waals surface area contributed by atoms with Gasteiger partial charge in [-0.3, -0.25) is 9.78 Å². The molecular weight excluding hydrogens is 389 g/mol. The first-order valence-electron chi connectivity index (χ1n) is 11.0. The smallest absolute Gasteiger partial charge is 0.229 e. The molecule has 2 aromatic rings. The van der Waals surface area contributed by atoms with Gasteiger partial charge in [-0.25, -0.2) is 4.98 Å². The third kappa shape index (κ3) is 3.49. The van der Waals surface area contributed by atoms with Gasteiger partial charge < -0.3 is 5.32 Å². The van der Waals surface area contributed by atoms with Gasteiger partial charge in [0.05, 0.1) is 0 Å². The van der Waals surface area contributed by atoms with Crippen molar-refractivity contribution in [2.75, 3.05) is 5.32 Å². The number of pyridine rings is 2. The minimum Gasteiger partial charge on any atom is -0.310 e. The van der Waals surface area contributed by atoms with Gasteiger partial charge in [0.15, 0.2) is 0 Å². The van der Waals surface area contributed by atoms with Crippen molar-refractivity contribution in [3.8, 4) is 0 Å². The minimum atomic E-state index is -0.130. The number of rotatable bonds is 3. The normalized spacial score (nSPS) is 29.8. The van der Waals surface area contributed by atoms with Crippen LogP contribution in [0, 0.1) is 18.3 Å². The summed E-state index contributed by atoms with van der Waals surface area (Å²) in [6.07, 6.45) is 13.3. The molecule has 3 aliphatic rings. The molecule has 0 bridgehead atoms. The maximum atomic E-state index is 12.8. The molecule has 0 radical (unpaired) electrons. The van der Waals surface area contributed by atoms with E-state index in [9.17, 15) is 4.79 Å². The number of hydrogen-bond donors (Lipinski definition) is 2. The maximum absolute atomic E-state index is 12.8. The van der Waals surface area contributed by atoms with Gasteiger partial charge in [-0.15, -0.1) is 5.47 Å². The SMILES string of the molecule is BC1=Cc2c(nccc2[C@]2(S)CC[C@]3(CC2)C[C@@H]3C(=O)Nc2ccc(C)cn2)CC1. The fourth-order valence-corrected chi connectivity index (χ4v) is 5.79. The molecule has 2 fully saturated rings. The molecule has 2 aromatic heterocycles. The lowest BCUT2D eigenvalue weighted by molar-refractivity contribution is -0.118. The summed E-state index contributed by atoms with van der Waals surface area (Å²) in [6.45, 7) is 2.00. The zero-order valence-electron chi connectivity index (χ0n) is 17.7. The molecular formula is C24H28BN3OS. The van der Waals surface area contributed by atoms with Crippen molar-refractivity contribution in [1.82, 2.24) is 9.97 Å². The fraction of sp³-hybridized carbons (Fsp3) is 0.458. The topological polar surface area (TPSA) is 54.9 Å². The number of nitrogens with zero attached hydrogens (tertiary/aromatic N) is 2. The summed E-state index contributed by atoms with van der Waals surface area (Å²) in [5.41, 5.74) is 6.50.